The van der Waals surface area contributed by atoms with E-state index in [1.807, 2.05) is 0 Å². The van der Waals surface area contributed by atoms with E-state index in [9.17, 15) is 33.9 Å². The maximum absolute atomic E-state index is 12.2. The van der Waals surface area contributed by atoms with E-state index < -0.39 is 42.4 Å². The van der Waals surface area contributed by atoms with Gasteiger partial charge in [0.05, 0.1) is 30.2 Å². The third-order valence-electron chi connectivity index (χ3n) is 5.46. The molecule has 4 rings (SSSR count). The Balaban J connectivity index is 0.000000206. The van der Waals surface area contributed by atoms with Gasteiger partial charge in [-0.15, -0.1) is 0 Å². The number of piperidine rings is 1. The van der Waals surface area contributed by atoms with E-state index >= 15 is 0 Å². The van der Waals surface area contributed by atoms with Crippen molar-refractivity contribution < 1.29 is 53.3 Å². The number of hydrogen-bond acceptors (Lipinski definition) is 10. The minimum absolute atomic E-state index is 0.0884. The SMILES string of the molecule is O=C(O)CC(O)(CC(=O)ONc1ccco1)C(=O)O.O=C1NCCCC1N1C(=O)c2ccccc2C1=O. The predicted molar refractivity (Wildman–Crippen MR) is 121 cm³/mol. The summed E-state index contributed by atoms with van der Waals surface area (Å²) >= 11 is 0. The van der Waals surface area contributed by atoms with Gasteiger partial charge in [-0.2, -0.15) is 5.48 Å². The fourth-order valence-corrected chi connectivity index (χ4v) is 3.68. The Morgan fingerprint density at radius 1 is 1.05 bits per heavy atom. The molecule has 3 heterocycles. The quantitative estimate of drug-likeness (QED) is 0.238. The second kappa shape index (κ2) is 11.3. The zero-order chi connectivity index (χ0) is 27.2. The van der Waals surface area contributed by atoms with Crippen LogP contribution >= 0.6 is 0 Å². The molecule has 14 nitrogen and oxygen atoms in total. The summed E-state index contributed by atoms with van der Waals surface area (Å²) in [5, 5.41) is 29.5. The Labute approximate surface area is 208 Å². The number of carbonyl (C=O) groups excluding carboxylic acids is 4. The van der Waals surface area contributed by atoms with Gasteiger partial charge in [-0.1, -0.05) is 12.1 Å². The molecule has 1 aromatic carbocycles. The Bertz CT molecular complexity index is 1180. The summed E-state index contributed by atoms with van der Waals surface area (Å²) in [5.74, 6) is -5.42. The lowest BCUT2D eigenvalue weighted by Gasteiger charge is -2.28. The van der Waals surface area contributed by atoms with Crippen molar-refractivity contribution in [1.82, 2.24) is 10.2 Å². The number of aliphatic hydroxyl groups is 1. The number of rotatable bonds is 8. The molecule has 2 unspecified atom stereocenters. The Morgan fingerprint density at radius 2 is 1.70 bits per heavy atom. The first kappa shape index (κ1) is 26.9. The highest BCUT2D eigenvalue weighted by atomic mass is 16.7. The molecule has 37 heavy (non-hydrogen) atoms. The maximum Gasteiger partial charge on any atom is 0.336 e. The summed E-state index contributed by atoms with van der Waals surface area (Å²) < 4.78 is 4.76. The highest BCUT2D eigenvalue weighted by molar-refractivity contribution is 6.22. The molecule has 0 bridgehead atoms. The summed E-state index contributed by atoms with van der Waals surface area (Å²) in [6.45, 7) is 0.610. The molecular formula is C23H23N3O11. The van der Waals surface area contributed by atoms with Crippen molar-refractivity contribution in [3.63, 3.8) is 0 Å². The van der Waals surface area contributed by atoms with Gasteiger partial charge in [0.2, 0.25) is 11.8 Å². The van der Waals surface area contributed by atoms with Crippen LogP contribution in [0.5, 0.6) is 0 Å². The number of furan rings is 1. The molecule has 0 saturated carbocycles. The number of benzene rings is 1. The highest BCUT2D eigenvalue weighted by Crippen LogP contribution is 2.26. The second-order valence-corrected chi connectivity index (χ2v) is 8.11. The van der Waals surface area contributed by atoms with Crippen molar-refractivity contribution in [2.45, 2.75) is 37.3 Å². The molecule has 1 aromatic heterocycles. The number of nitrogens with one attached hydrogen (secondary N) is 2. The van der Waals surface area contributed by atoms with Crippen LogP contribution in [0, 0.1) is 0 Å². The minimum atomic E-state index is -2.73. The average Bonchev–Trinajstić information content (AvgIpc) is 3.45. The van der Waals surface area contributed by atoms with Gasteiger partial charge in [0.15, 0.2) is 5.60 Å². The zero-order valence-electron chi connectivity index (χ0n) is 19.2. The monoisotopic (exact) mass is 517 g/mol. The lowest BCUT2D eigenvalue weighted by molar-refractivity contribution is -0.171. The van der Waals surface area contributed by atoms with Crippen molar-refractivity contribution >= 4 is 41.5 Å². The average molecular weight is 517 g/mol. The Morgan fingerprint density at radius 3 is 2.22 bits per heavy atom. The second-order valence-electron chi connectivity index (χ2n) is 8.11. The molecule has 196 valence electrons. The number of imide groups is 1. The van der Waals surface area contributed by atoms with E-state index in [1.54, 1.807) is 24.3 Å². The number of amides is 3. The Kier molecular flexibility index (Phi) is 8.24. The molecule has 0 radical (unpaired) electrons. The number of anilines is 1. The summed E-state index contributed by atoms with van der Waals surface area (Å²) in [5.41, 5.74) is 0.123. The first-order valence-corrected chi connectivity index (χ1v) is 10.9. The summed E-state index contributed by atoms with van der Waals surface area (Å²) in [6, 6.07) is 8.95. The molecule has 1 fully saturated rings. The van der Waals surface area contributed by atoms with Crippen LogP contribution in [0.2, 0.25) is 0 Å². The fourth-order valence-electron chi connectivity index (χ4n) is 3.68. The van der Waals surface area contributed by atoms with Gasteiger partial charge in [0.25, 0.3) is 11.8 Å². The van der Waals surface area contributed by atoms with Crippen molar-refractivity contribution in [3.8, 4) is 0 Å². The lowest BCUT2D eigenvalue weighted by Crippen LogP contribution is -2.52. The molecule has 2 aliphatic heterocycles. The van der Waals surface area contributed by atoms with Crippen LogP contribution in [-0.4, -0.2) is 74.0 Å². The van der Waals surface area contributed by atoms with E-state index in [1.165, 1.54) is 18.4 Å². The fraction of sp³-hybridized carbons (Fsp3) is 0.304. The van der Waals surface area contributed by atoms with Gasteiger partial charge in [0.1, 0.15) is 6.04 Å². The predicted octanol–water partition coefficient (Wildman–Crippen LogP) is 0.391. The van der Waals surface area contributed by atoms with Crippen LogP contribution in [0.1, 0.15) is 46.4 Å². The van der Waals surface area contributed by atoms with E-state index in [-0.39, 0.29) is 23.6 Å². The van der Waals surface area contributed by atoms with Gasteiger partial charge < -0.3 is 29.9 Å². The van der Waals surface area contributed by atoms with Crippen molar-refractivity contribution in [1.29, 1.82) is 0 Å². The van der Waals surface area contributed by atoms with Crippen molar-refractivity contribution in [2.24, 2.45) is 0 Å². The standard InChI is InChI=1S/C13H12N2O3.C10H11NO8/c16-11-10(6-3-7-14-11)15-12(17)8-4-1-2-5-9(8)13(15)18;12-7(13)4-10(17,9(15)16)5-8(14)19-11-6-2-1-3-18-6/h1-2,4-5,10H,3,6-7H2,(H,14,16);1-3,11,17H,4-5H2,(H,12,13)(H,15,16). The van der Waals surface area contributed by atoms with Crippen LogP contribution in [0.15, 0.2) is 47.1 Å². The molecular weight excluding hydrogens is 494 g/mol. The number of carboxylic acids is 2. The summed E-state index contributed by atoms with van der Waals surface area (Å²) in [7, 11) is 0. The molecule has 2 aliphatic rings. The summed E-state index contributed by atoms with van der Waals surface area (Å²) in [6.07, 6.45) is 0.468. The van der Waals surface area contributed by atoms with Crippen LogP contribution < -0.4 is 10.8 Å². The molecule has 1 saturated heterocycles. The summed E-state index contributed by atoms with van der Waals surface area (Å²) in [4.78, 5) is 74.1. The third-order valence-corrected chi connectivity index (χ3v) is 5.46. The van der Waals surface area contributed by atoms with Gasteiger partial charge >= 0.3 is 17.9 Å². The number of aliphatic carboxylic acids is 2. The van der Waals surface area contributed by atoms with Gasteiger partial charge in [-0.25, -0.2) is 9.59 Å². The van der Waals surface area contributed by atoms with E-state index in [0.717, 1.165) is 11.3 Å². The number of carboxylic acid groups (broad SMARTS) is 2. The maximum atomic E-state index is 12.2. The number of nitrogens with zero attached hydrogens (tertiary/aromatic N) is 1. The number of fused-ring (bicyclic) bond motifs is 1. The molecule has 14 heteroatoms. The van der Waals surface area contributed by atoms with Crippen LogP contribution in [0.25, 0.3) is 0 Å². The Hall–Kier alpha value is -4.72. The first-order chi connectivity index (χ1) is 17.5. The third kappa shape index (κ3) is 6.29. The molecule has 3 amide bonds. The largest absolute Gasteiger partial charge is 0.481 e. The highest BCUT2D eigenvalue weighted by Gasteiger charge is 2.43. The van der Waals surface area contributed by atoms with Crippen molar-refractivity contribution in [3.05, 3.63) is 53.8 Å². The van der Waals surface area contributed by atoms with Gasteiger partial charge in [-0.3, -0.25) is 24.1 Å². The smallest absolute Gasteiger partial charge is 0.336 e. The zero-order valence-corrected chi connectivity index (χ0v) is 19.2. The number of hydrogen-bond donors (Lipinski definition) is 5. The molecule has 0 aliphatic carbocycles. The van der Waals surface area contributed by atoms with E-state index in [2.05, 4.69) is 15.6 Å². The van der Waals surface area contributed by atoms with Crippen LogP contribution in [0.4, 0.5) is 5.88 Å². The van der Waals surface area contributed by atoms with Crippen LogP contribution in [0.3, 0.4) is 0 Å². The van der Waals surface area contributed by atoms with E-state index in [4.69, 9.17) is 14.6 Å². The molecule has 5 N–H and O–H groups in total. The topological polar surface area (TPSA) is 213 Å². The normalized spacial score (nSPS) is 18.0. The van der Waals surface area contributed by atoms with E-state index in [0.29, 0.717) is 24.1 Å². The van der Waals surface area contributed by atoms with Gasteiger partial charge in [0, 0.05) is 12.6 Å². The molecule has 2 aromatic rings. The molecule has 0 spiro atoms. The minimum Gasteiger partial charge on any atom is -0.481 e. The van der Waals surface area contributed by atoms with Crippen molar-refractivity contribution in [2.75, 3.05) is 12.0 Å². The van der Waals surface area contributed by atoms with Gasteiger partial charge in [-0.05, 0) is 31.0 Å². The molecule has 2 atom stereocenters. The first-order valence-electron chi connectivity index (χ1n) is 10.9. The number of carbonyl (C=O) groups is 6. The van der Waals surface area contributed by atoms with Crippen LogP contribution in [-0.2, 0) is 24.0 Å². The lowest BCUT2D eigenvalue weighted by atomic mass is 9.96.